The number of rotatable bonds is 7. The second-order valence-corrected chi connectivity index (χ2v) is 7.80. The number of hydrogen-bond donors (Lipinski definition) is 6. The number of carbonyl (C=O) groups is 3. The Morgan fingerprint density at radius 1 is 1.11 bits per heavy atom. The summed E-state index contributed by atoms with van der Waals surface area (Å²) in [5.41, 5.74) is 11.9. The van der Waals surface area contributed by atoms with E-state index in [0.717, 1.165) is 0 Å². The molecule has 0 fully saturated rings. The van der Waals surface area contributed by atoms with E-state index >= 15 is 0 Å². The van der Waals surface area contributed by atoms with Crippen molar-refractivity contribution in [3.05, 3.63) is 65.2 Å². The Bertz CT molecular complexity index is 1280. The Labute approximate surface area is 213 Å². The van der Waals surface area contributed by atoms with Gasteiger partial charge in [0.05, 0.1) is 19.2 Å². The van der Waals surface area contributed by atoms with E-state index in [1.165, 1.54) is 7.11 Å². The summed E-state index contributed by atoms with van der Waals surface area (Å²) in [5.74, 6) is -4.16. The van der Waals surface area contributed by atoms with Crippen molar-refractivity contribution in [1.29, 1.82) is 10.8 Å². The van der Waals surface area contributed by atoms with E-state index in [2.05, 4.69) is 10.5 Å². The number of carbonyl (C=O) groups excluding carboxylic acids is 2. The fourth-order valence-electron chi connectivity index (χ4n) is 3.08. The molecule has 1 aliphatic rings. The predicted molar refractivity (Wildman–Crippen MR) is 129 cm³/mol. The Morgan fingerprint density at radius 3 is 2.18 bits per heavy atom. The zero-order chi connectivity index (χ0) is 28.7. The first-order valence-electron chi connectivity index (χ1n) is 10.5. The third-order valence-corrected chi connectivity index (χ3v) is 5.06. The van der Waals surface area contributed by atoms with Gasteiger partial charge in [-0.25, -0.2) is 4.79 Å². The number of hydrogen-bond acceptors (Lipinski definition) is 8. The Balaban J connectivity index is 0.000000638. The van der Waals surface area contributed by atoms with Crippen molar-refractivity contribution in [3.63, 3.8) is 0 Å². The molecule has 2 aromatic rings. The number of esters is 1. The third kappa shape index (κ3) is 7.52. The van der Waals surface area contributed by atoms with E-state index in [1.807, 2.05) is 0 Å². The molecular formula is C23H23F3N6O6. The summed E-state index contributed by atoms with van der Waals surface area (Å²) >= 11 is 0. The first kappa shape index (κ1) is 29.3. The summed E-state index contributed by atoms with van der Waals surface area (Å²) in [6.45, 7) is 0. The normalized spacial score (nSPS) is 16.2. The molecule has 0 saturated heterocycles. The lowest BCUT2D eigenvalue weighted by Crippen LogP contribution is -2.45. The highest BCUT2D eigenvalue weighted by Crippen LogP contribution is 2.32. The lowest BCUT2D eigenvalue weighted by molar-refractivity contribution is -0.192. The van der Waals surface area contributed by atoms with Gasteiger partial charge in [-0.15, -0.1) is 0 Å². The van der Waals surface area contributed by atoms with Crippen molar-refractivity contribution >= 4 is 40.9 Å². The number of nitrogens with one attached hydrogen (secondary N) is 3. The van der Waals surface area contributed by atoms with Crippen LogP contribution in [0.5, 0.6) is 0 Å². The van der Waals surface area contributed by atoms with E-state index in [4.69, 9.17) is 41.8 Å². The van der Waals surface area contributed by atoms with Crippen LogP contribution < -0.4 is 16.8 Å². The minimum atomic E-state index is -5.08. The van der Waals surface area contributed by atoms with Crippen LogP contribution in [-0.2, 0) is 24.0 Å². The summed E-state index contributed by atoms with van der Waals surface area (Å²) in [6.07, 6.45) is -5.42. The molecule has 0 spiro atoms. The second kappa shape index (κ2) is 11.9. The average molecular weight is 536 g/mol. The highest BCUT2D eigenvalue weighted by molar-refractivity contribution is 6.10. The van der Waals surface area contributed by atoms with Gasteiger partial charge in [0.1, 0.15) is 11.7 Å². The topological polar surface area (TPSA) is 214 Å². The van der Waals surface area contributed by atoms with Gasteiger partial charge in [-0.1, -0.05) is 23.4 Å². The summed E-state index contributed by atoms with van der Waals surface area (Å²) < 4.78 is 36.5. The number of nitrogens with two attached hydrogens (primary N) is 2. The fraction of sp³-hybridized carbons (Fsp3) is 0.217. The average Bonchev–Trinajstić information content (AvgIpc) is 3.29. The van der Waals surface area contributed by atoms with Gasteiger partial charge in [0.2, 0.25) is 5.60 Å². The van der Waals surface area contributed by atoms with E-state index < -0.39 is 29.6 Å². The van der Waals surface area contributed by atoms with Crippen LogP contribution in [0.1, 0.15) is 29.5 Å². The summed E-state index contributed by atoms with van der Waals surface area (Å²) in [6, 6.07) is 13.2. The Morgan fingerprint density at radius 2 is 1.68 bits per heavy atom. The molecule has 12 nitrogen and oxygen atoms in total. The van der Waals surface area contributed by atoms with Gasteiger partial charge in [-0.05, 0) is 30.3 Å². The molecule has 1 atom stereocenters. The second-order valence-electron chi connectivity index (χ2n) is 7.80. The molecule has 1 aliphatic heterocycles. The van der Waals surface area contributed by atoms with Gasteiger partial charge >= 0.3 is 18.1 Å². The molecule has 0 radical (unpaired) electrons. The largest absolute Gasteiger partial charge is 0.490 e. The molecule has 8 N–H and O–H groups in total. The third-order valence-electron chi connectivity index (χ3n) is 5.06. The Kier molecular flexibility index (Phi) is 9.14. The van der Waals surface area contributed by atoms with Crippen LogP contribution in [0.25, 0.3) is 0 Å². The van der Waals surface area contributed by atoms with Gasteiger partial charge in [-0.2, -0.15) is 13.2 Å². The van der Waals surface area contributed by atoms with Crippen LogP contribution in [0.2, 0.25) is 0 Å². The van der Waals surface area contributed by atoms with Crippen molar-refractivity contribution in [2.24, 2.45) is 16.6 Å². The maximum atomic E-state index is 13.1. The number of carboxylic acid groups (broad SMARTS) is 1. The molecule has 0 aliphatic carbocycles. The van der Waals surface area contributed by atoms with E-state index in [0.29, 0.717) is 28.1 Å². The number of methoxy groups -OCH3 is 1. The van der Waals surface area contributed by atoms with E-state index in [-0.39, 0.29) is 24.5 Å². The van der Waals surface area contributed by atoms with Crippen LogP contribution in [0.3, 0.4) is 0 Å². The number of aliphatic carboxylic acids is 1. The van der Waals surface area contributed by atoms with Crippen molar-refractivity contribution in [3.8, 4) is 0 Å². The number of anilines is 1. The zero-order valence-corrected chi connectivity index (χ0v) is 19.8. The number of ether oxygens (including phenoxy) is 1. The minimum Gasteiger partial charge on any atom is -0.475 e. The SMILES string of the molecule is COC(=O)CC1(C(=O)Nc2ccc(C(=N)N)cc2)CC(c2cccc(C(=N)N)c2)=NO1.O=C(O)C(F)(F)F. The number of amidine groups is 2. The molecule has 0 saturated carbocycles. The van der Waals surface area contributed by atoms with Crippen LogP contribution >= 0.6 is 0 Å². The van der Waals surface area contributed by atoms with E-state index in [1.54, 1.807) is 48.5 Å². The number of halogens is 3. The quantitative estimate of drug-likeness (QED) is 0.174. The fourth-order valence-corrected chi connectivity index (χ4v) is 3.08. The molecule has 2 aromatic carbocycles. The first-order valence-corrected chi connectivity index (χ1v) is 10.5. The highest BCUT2D eigenvalue weighted by Gasteiger charge is 2.49. The monoisotopic (exact) mass is 536 g/mol. The maximum Gasteiger partial charge on any atom is 0.490 e. The number of nitrogens with zero attached hydrogens (tertiary/aromatic N) is 1. The van der Waals surface area contributed by atoms with Gasteiger partial charge in [-0.3, -0.25) is 20.4 Å². The number of alkyl halides is 3. The molecule has 1 heterocycles. The van der Waals surface area contributed by atoms with Crippen molar-refractivity contribution in [2.45, 2.75) is 24.6 Å². The lowest BCUT2D eigenvalue weighted by atomic mass is 9.89. The van der Waals surface area contributed by atoms with Crippen LogP contribution in [0.15, 0.2) is 53.7 Å². The molecule has 1 unspecified atom stereocenters. The molecule has 38 heavy (non-hydrogen) atoms. The van der Waals surface area contributed by atoms with Crippen molar-refractivity contribution in [1.82, 2.24) is 0 Å². The Hall–Kier alpha value is -4.95. The number of carboxylic acids is 1. The molecular weight excluding hydrogens is 513 g/mol. The van der Waals surface area contributed by atoms with Gasteiger partial charge in [0.15, 0.2) is 0 Å². The number of oxime groups is 1. The molecule has 0 aromatic heterocycles. The van der Waals surface area contributed by atoms with Crippen LogP contribution in [0, 0.1) is 10.8 Å². The standard InChI is InChI=1S/C21H22N6O4.C2HF3O2/c1-30-17(28)11-21(20(29)26-15-7-5-12(6-8-15)18(22)23)10-16(27-31-21)13-3-2-4-14(9-13)19(24)25;3-2(4,5)1(6)7/h2-9H,10-11H2,1H3,(H3,22,23)(H3,24,25)(H,26,29);(H,6,7). The van der Waals surface area contributed by atoms with Gasteiger partial charge in [0.25, 0.3) is 5.91 Å². The number of benzene rings is 2. The number of amides is 1. The minimum absolute atomic E-state index is 0.0147. The van der Waals surface area contributed by atoms with Crippen LogP contribution in [0.4, 0.5) is 18.9 Å². The molecule has 15 heteroatoms. The zero-order valence-electron chi connectivity index (χ0n) is 19.8. The molecule has 0 bridgehead atoms. The van der Waals surface area contributed by atoms with Gasteiger partial charge in [0, 0.05) is 28.8 Å². The maximum absolute atomic E-state index is 13.1. The smallest absolute Gasteiger partial charge is 0.475 e. The van der Waals surface area contributed by atoms with Crippen molar-refractivity contribution in [2.75, 3.05) is 12.4 Å². The van der Waals surface area contributed by atoms with Crippen molar-refractivity contribution < 1.29 is 42.2 Å². The molecule has 3 rings (SSSR count). The lowest BCUT2D eigenvalue weighted by Gasteiger charge is -2.24. The van der Waals surface area contributed by atoms with E-state index in [9.17, 15) is 22.8 Å². The summed E-state index contributed by atoms with van der Waals surface area (Å²) in [7, 11) is 1.22. The molecule has 1 amide bonds. The van der Waals surface area contributed by atoms with Gasteiger partial charge < -0.3 is 31.5 Å². The number of nitrogen functional groups attached to an aromatic ring is 2. The predicted octanol–water partition coefficient (Wildman–Crippen LogP) is 1.95. The summed E-state index contributed by atoms with van der Waals surface area (Å²) in [5, 5.41) is 28.9. The highest BCUT2D eigenvalue weighted by atomic mass is 19.4. The molecule has 202 valence electrons. The summed E-state index contributed by atoms with van der Waals surface area (Å²) in [4.78, 5) is 39.5. The van der Waals surface area contributed by atoms with Crippen LogP contribution in [-0.4, -0.2) is 59.2 Å². The first-order chi connectivity index (χ1) is 17.7.